The molecule has 4 radical (unpaired) electrons. The average Bonchev–Trinajstić information content (AvgIpc) is 3.15. The van der Waals surface area contributed by atoms with E-state index in [-0.39, 0.29) is 24.9 Å². The molecule has 0 saturated heterocycles. The van der Waals surface area contributed by atoms with Crippen molar-refractivity contribution >= 4 is 15.7 Å². The molecule has 9 nitrogen and oxygen atoms in total. The first kappa shape index (κ1) is 21.6. The number of nitrogens with zero attached hydrogens (tertiary/aromatic N) is 5. The number of ether oxygens (including phenoxy) is 3. The zero-order valence-electron chi connectivity index (χ0n) is 15.2. The van der Waals surface area contributed by atoms with Gasteiger partial charge in [-0.25, -0.2) is 14.1 Å². The van der Waals surface area contributed by atoms with Crippen LogP contribution in [0.2, 0.25) is 0 Å². The maximum absolute atomic E-state index is 13.5. The number of aromatic nitrogens is 5. The van der Waals surface area contributed by atoms with Gasteiger partial charge in [0, 0.05) is 12.3 Å². The van der Waals surface area contributed by atoms with E-state index in [1.807, 2.05) is 0 Å². The van der Waals surface area contributed by atoms with Gasteiger partial charge in [-0.3, -0.25) is 0 Å². The van der Waals surface area contributed by atoms with Crippen molar-refractivity contribution < 1.29 is 32.5 Å². The molecular weight excluding hydrogens is 405 g/mol. The van der Waals surface area contributed by atoms with Gasteiger partial charge in [-0.1, -0.05) is 5.21 Å². The van der Waals surface area contributed by atoms with E-state index in [2.05, 4.69) is 25.0 Å². The van der Waals surface area contributed by atoms with Crippen molar-refractivity contribution in [1.82, 2.24) is 25.0 Å². The topological polar surface area (TPSA) is 104 Å². The molecule has 152 valence electrons. The molecule has 0 saturated carbocycles. The molecule has 1 aromatic carbocycles. The second kappa shape index (κ2) is 9.13. The van der Waals surface area contributed by atoms with Gasteiger partial charge in [-0.2, -0.15) is 13.8 Å². The van der Waals surface area contributed by atoms with Crippen LogP contribution in [0.1, 0.15) is 11.4 Å². The van der Waals surface area contributed by atoms with E-state index < -0.39 is 23.8 Å². The fraction of sp³-hybridized carbons (Fsp3) is 0.250. The van der Waals surface area contributed by atoms with Crippen molar-refractivity contribution in [2.24, 2.45) is 0 Å². The Kier molecular flexibility index (Phi) is 6.57. The van der Waals surface area contributed by atoms with Crippen LogP contribution in [0.15, 0.2) is 36.7 Å². The number of aliphatic hydroxyl groups is 1. The molecule has 14 heteroatoms. The first-order valence-electron chi connectivity index (χ1n) is 8.24. The predicted molar refractivity (Wildman–Crippen MR) is 95.6 cm³/mol. The Bertz CT molecular complexity index is 1000. The number of halogens is 3. The third kappa shape index (κ3) is 6.19. The van der Waals surface area contributed by atoms with Crippen LogP contribution >= 0.6 is 0 Å². The smallest absolute Gasteiger partial charge is 0.387 e. The molecule has 2 heterocycles. The molecule has 0 amide bonds. The van der Waals surface area contributed by atoms with Gasteiger partial charge in [-0.05, 0) is 18.2 Å². The molecule has 1 N–H and O–H groups in total. The SMILES string of the molecule is [B]C([B])(O)OCc1ccnc(OCc2cn(-c3ccc(F)c(OC(F)F)c3)nn2)n1. The summed E-state index contributed by atoms with van der Waals surface area (Å²) in [6.45, 7) is -3.44. The average molecular weight is 417 g/mol. The van der Waals surface area contributed by atoms with Crippen LogP contribution in [0.4, 0.5) is 13.2 Å². The Hall–Kier alpha value is -3.12. The van der Waals surface area contributed by atoms with Crippen molar-refractivity contribution in [3.8, 4) is 17.4 Å². The van der Waals surface area contributed by atoms with E-state index in [4.69, 9.17) is 30.3 Å². The molecule has 3 rings (SSSR count). The Morgan fingerprint density at radius 2 is 1.97 bits per heavy atom. The summed E-state index contributed by atoms with van der Waals surface area (Å²) in [6.07, 6.45) is 2.84. The second-order valence-corrected chi connectivity index (χ2v) is 5.81. The summed E-state index contributed by atoms with van der Waals surface area (Å²) in [5.74, 6) is -1.56. The number of alkyl halides is 2. The van der Waals surface area contributed by atoms with E-state index in [9.17, 15) is 13.2 Å². The third-order valence-electron chi connectivity index (χ3n) is 3.43. The Balaban J connectivity index is 1.64. The lowest BCUT2D eigenvalue weighted by atomic mass is 9.77. The highest BCUT2D eigenvalue weighted by atomic mass is 19.3. The fourth-order valence-electron chi connectivity index (χ4n) is 2.17. The highest BCUT2D eigenvalue weighted by Gasteiger charge is 2.14. The van der Waals surface area contributed by atoms with E-state index in [0.717, 1.165) is 12.1 Å². The minimum absolute atomic E-state index is 0.0161. The zero-order valence-corrected chi connectivity index (χ0v) is 15.2. The van der Waals surface area contributed by atoms with Gasteiger partial charge in [-0.15, -0.1) is 5.10 Å². The highest BCUT2D eigenvalue weighted by molar-refractivity contribution is 6.37. The van der Waals surface area contributed by atoms with E-state index in [0.29, 0.717) is 11.4 Å². The molecule has 0 aliphatic rings. The van der Waals surface area contributed by atoms with Crippen molar-refractivity contribution in [2.45, 2.75) is 25.4 Å². The highest BCUT2D eigenvalue weighted by Crippen LogP contribution is 2.22. The molecule has 3 aromatic rings. The van der Waals surface area contributed by atoms with Gasteiger partial charge < -0.3 is 19.3 Å². The number of hydrogen-bond donors (Lipinski definition) is 1. The summed E-state index contributed by atoms with van der Waals surface area (Å²) in [6, 6.07) is 4.83. The van der Waals surface area contributed by atoms with Gasteiger partial charge in [0.15, 0.2) is 11.6 Å². The van der Waals surface area contributed by atoms with Crippen LogP contribution in [0, 0.1) is 5.82 Å². The Morgan fingerprint density at radius 3 is 2.70 bits per heavy atom. The monoisotopic (exact) mass is 417 g/mol. The van der Waals surface area contributed by atoms with Crippen LogP contribution in [-0.4, -0.2) is 58.0 Å². The van der Waals surface area contributed by atoms with Gasteiger partial charge in [0.25, 0.3) is 0 Å². The van der Waals surface area contributed by atoms with Crippen LogP contribution in [0.25, 0.3) is 5.69 Å². The van der Waals surface area contributed by atoms with E-state index >= 15 is 0 Å². The van der Waals surface area contributed by atoms with Crippen molar-refractivity contribution in [2.75, 3.05) is 0 Å². The second-order valence-electron chi connectivity index (χ2n) is 5.81. The summed E-state index contributed by atoms with van der Waals surface area (Å²) < 4.78 is 53.8. The summed E-state index contributed by atoms with van der Waals surface area (Å²) >= 11 is 0. The standard InChI is InChI=1S/C16H12B2F3N5O4/c17-16(18,27)29-8-9-3-4-22-15(23-9)28-7-10-6-26(25-24-10)11-1-2-12(19)13(5-11)30-14(20)21/h1-6,14,27H,7-8H2. The Morgan fingerprint density at radius 1 is 1.17 bits per heavy atom. The van der Waals surface area contributed by atoms with Gasteiger partial charge in [0.1, 0.15) is 28.0 Å². The van der Waals surface area contributed by atoms with E-state index in [1.165, 1.54) is 29.2 Å². The molecule has 0 bridgehead atoms. The number of rotatable bonds is 9. The van der Waals surface area contributed by atoms with Gasteiger partial charge in [0.05, 0.1) is 29.8 Å². The summed E-state index contributed by atoms with van der Waals surface area (Å²) in [5, 5.41) is 16.8. The maximum Gasteiger partial charge on any atom is 0.387 e. The fourth-order valence-corrected chi connectivity index (χ4v) is 2.17. The van der Waals surface area contributed by atoms with Gasteiger partial charge >= 0.3 is 12.6 Å². The lowest BCUT2D eigenvalue weighted by Gasteiger charge is -2.19. The normalized spacial score (nSPS) is 11.6. The quantitative estimate of drug-likeness (QED) is 0.404. The van der Waals surface area contributed by atoms with Gasteiger partial charge in [0.2, 0.25) is 0 Å². The van der Waals surface area contributed by atoms with Crippen LogP contribution in [-0.2, 0) is 18.0 Å². The number of hydrogen-bond acceptors (Lipinski definition) is 8. The summed E-state index contributed by atoms with van der Waals surface area (Å²) in [5.41, 5.74) is -1.36. The van der Waals surface area contributed by atoms with Crippen LogP contribution in [0.3, 0.4) is 0 Å². The van der Waals surface area contributed by atoms with Crippen molar-refractivity contribution in [1.29, 1.82) is 0 Å². The molecule has 30 heavy (non-hydrogen) atoms. The molecule has 0 atom stereocenters. The van der Waals surface area contributed by atoms with Crippen molar-refractivity contribution in [3.05, 3.63) is 53.9 Å². The summed E-state index contributed by atoms with van der Waals surface area (Å²) in [7, 11) is 10.2. The molecule has 0 unspecified atom stereocenters. The minimum atomic E-state index is -3.17. The first-order chi connectivity index (χ1) is 14.2. The lowest BCUT2D eigenvalue weighted by molar-refractivity contribution is -0.0855. The lowest BCUT2D eigenvalue weighted by Crippen LogP contribution is -2.32. The third-order valence-corrected chi connectivity index (χ3v) is 3.43. The van der Waals surface area contributed by atoms with Crippen molar-refractivity contribution in [3.63, 3.8) is 0 Å². The molecule has 0 aliphatic heterocycles. The maximum atomic E-state index is 13.5. The van der Waals surface area contributed by atoms with E-state index in [1.54, 1.807) is 0 Å². The first-order valence-corrected chi connectivity index (χ1v) is 8.24. The van der Waals surface area contributed by atoms with Crippen LogP contribution < -0.4 is 9.47 Å². The molecule has 2 aromatic heterocycles. The molecule has 0 spiro atoms. The minimum Gasteiger partial charge on any atom is -0.457 e. The zero-order chi connectivity index (χ0) is 21.7. The largest absolute Gasteiger partial charge is 0.457 e. The molecular formula is C16H12B2F3N5O4. The predicted octanol–water partition coefficient (Wildman–Crippen LogP) is 0.834. The Labute approximate surface area is 170 Å². The molecule has 0 fully saturated rings. The number of benzene rings is 1. The summed E-state index contributed by atoms with van der Waals surface area (Å²) in [4.78, 5) is 7.95. The molecule has 0 aliphatic carbocycles. The van der Waals surface area contributed by atoms with Crippen LogP contribution in [0.5, 0.6) is 11.8 Å².